The molecule has 3 N–H and O–H groups in total. The summed E-state index contributed by atoms with van der Waals surface area (Å²) in [5.74, 6) is 0. The first-order chi connectivity index (χ1) is 9.49. The Bertz CT molecular complexity index is 529. The number of hydrogen-bond acceptors (Lipinski definition) is 4. The normalized spacial score (nSPS) is 11.1. The molecular formula is C12H19N3O3S2. The predicted molar refractivity (Wildman–Crippen MR) is 83.4 cm³/mol. The highest BCUT2D eigenvalue weighted by Crippen LogP contribution is 2.13. The SMILES string of the molecule is CNS(=O)(=O)c1ccc(NC(=S)NCCCOC)cc1. The summed E-state index contributed by atoms with van der Waals surface area (Å²) in [7, 11) is -0.378. The minimum Gasteiger partial charge on any atom is -0.385 e. The number of sulfonamides is 1. The molecule has 20 heavy (non-hydrogen) atoms. The van der Waals surface area contributed by atoms with Crippen LogP contribution in [-0.4, -0.2) is 40.8 Å². The van der Waals surface area contributed by atoms with E-state index in [4.69, 9.17) is 17.0 Å². The van der Waals surface area contributed by atoms with Gasteiger partial charge < -0.3 is 15.4 Å². The molecule has 0 fully saturated rings. The van der Waals surface area contributed by atoms with E-state index in [9.17, 15) is 8.42 Å². The van der Waals surface area contributed by atoms with Gasteiger partial charge in [-0.05, 0) is 50.0 Å². The lowest BCUT2D eigenvalue weighted by Crippen LogP contribution is -2.29. The molecule has 0 unspecified atom stereocenters. The van der Waals surface area contributed by atoms with E-state index in [1.54, 1.807) is 19.2 Å². The first-order valence-corrected chi connectivity index (χ1v) is 7.96. The van der Waals surface area contributed by atoms with Crippen LogP contribution in [-0.2, 0) is 14.8 Å². The Morgan fingerprint density at radius 1 is 1.30 bits per heavy atom. The van der Waals surface area contributed by atoms with Crippen LogP contribution in [0.15, 0.2) is 29.2 Å². The van der Waals surface area contributed by atoms with Gasteiger partial charge in [-0.2, -0.15) is 0 Å². The summed E-state index contributed by atoms with van der Waals surface area (Å²) in [5.41, 5.74) is 0.726. The van der Waals surface area contributed by atoms with E-state index in [0.717, 1.165) is 12.1 Å². The van der Waals surface area contributed by atoms with Crippen LogP contribution in [0.1, 0.15) is 6.42 Å². The van der Waals surface area contributed by atoms with E-state index in [1.807, 2.05) is 0 Å². The van der Waals surface area contributed by atoms with Gasteiger partial charge in [0.1, 0.15) is 0 Å². The third-order valence-electron chi connectivity index (χ3n) is 2.50. The Kier molecular flexibility index (Phi) is 6.86. The number of hydrogen-bond donors (Lipinski definition) is 3. The van der Waals surface area contributed by atoms with Gasteiger partial charge in [-0.25, -0.2) is 13.1 Å². The number of anilines is 1. The van der Waals surface area contributed by atoms with Crippen LogP contribution in [0.2, 0.25) is 0 Å². The fourth-order valence-corrected chi connectivity index (χ4v) is 2.38. The number of rotatable bonds is 7. The van der Waals surface area contributed by atoms with Gasteiger partial charge in [-0.1, -0.05) is 0 Å². The quantitative estimate of drug-likeness (QED) is 0.513. The van der Waals surface area contributed by atoms with Gasteiger partial charge in [0.25, 0.3) is 0 Å². The highest BCUT2D eigenvalue weighted by Gasteiger charge is 2.10. The van der Waals surface area contributed by atoms with Crippen LogP contribution >= 0.6 is 12.2 Å². The second-order valence-electron chi connectivity index (χ2n) is 3.96. The van der Waals surface area contributed by atoms with Crippen molar-refractivity contribution < 1.29 is 13.2 Å². The number of benzene rings is 1. The molecule has 112 valence electrons. The molecule has 1 aromatic carbocycles. The van der Waals surface area contributed by atoms with Crippen LogP contribution in [0.3, 0.4) is 0 Å². The van der Waals surface area contributed by atoms with Crippen LogP contribution in [0.25, 0.3) is 0 Å². The summed E-state index contributed by atoms with van der Waals surface area (Å²) in [6.07, 6.45) is 0.859. The first-order valence-electron chi connectivity index (χ1n) is 6.07. The summed E-state index contributed by atoms with van der Waals surface area (Å²) in [4.78, 5) is 0.213. The molecule has 0 aliphatic carbocycles. The van der Waals surface area contributed by atoms with E-state index in [1.165, 1.54) is 19.2 Å². The summed E-state index contributed by atoms with van der Waals surface area (Å²) in [5, 5.41) is 6.50. The lowest BCUT2D eigenvalue weighted by Gasteiger charge is -2.10. The second-order valence-corrected chi connectivity index (χ2v) is 6.25. The fraction of sp³-hybridized carbons (Fsp3) is 0.417. The third kappa shape index (κ3) is 5.41. The Hall–Kier alpha value is -1.22. The smallest absolute Gasteiger partial charge is 0.240 e. The van der Waals surface area contributed by atoms with Gasteiger partial charge in [-0.3, -0.25) is 0 Å². The molecule has 1 aromatic rings. The maximum Gasteiger partial charge on any atom is 0.240 e. The molecule has 6 nitrogen and oxygen atoms in total. The maximum atomic E-state index is 11.6. The Labute approximate surface area is 125 Å². The highest BCUT2D eigenvalue weighted by molar-refractivity contribution is 7.89. The Morgan fingerprint density at radius 3 is 2.50 bits per heavy atom. The van der Waals surface area contributed by atoms with Gasteiger partial charge in [0.15, 0.2) is 5.11 Å². The molecule has 0 spiro atoms. The van der Waals surface area contributed by atoms with Crippen molar-refractivity contribution in [2.24, 2.45) is 0 Å². The van der Waals surface area contributed by atoms with Crippen molar-refractivity contribution in [1.29, 1.82) is 0 Å². The first kappa shape index (κ1) is 16.8. The van der Waals surface area contributed by atoms with Crippen LogP contribution in [0, 0.1) is 0 Å². The number of ether oxygens (including phenoxy) is 1. The number of methoxy groups -OCH3 is 1. The standard InChI is InChI=1S/C12H19N3O3S2/c1-13-20(16,17)11-6-4-10(5-7-11)15-12(19)14-8-3-9-18-2/h4-7,13H,3,8-9H2,1-2H3,(H2,14,15,19). The van der Waals surface area contributed by atoms with E-state index >= 15 is 0 Å². The zero-order chi connectivity index (χ0) is 15.0. The fourth-order valence-electron chi connectivity index (χ4n) is 1.43. The van der Waals surface area contributed by atoms with Crippen LogP contribution in [0.4, 0.5) is 5.69 Å². The third-order valence-corrected chi connectivity index (χ3v) is 4.18. The molecule has 1 rings (SSSR count). The molecule has 0 aliphatic rings. The van der Waals surface area contributed by atoms with Crippen LogP contribution in [0.5, 0.6) is 0 Å². The molecule has 0 saturated carbocycles. The van der Waals surface area contributed by atoms with E-state index in [-0.39, 0.29) is 4.90 Å². The van der Waals surface area contributed by atoms with Crippen molar-refractivity contribution in [3.8, 4) is 0 Å². The van der Waals surface area contributed by atoms with Crippen molar-refractivity contribution in [2.45, 2.75) is 11.3 Å². The van der Waals surface area contributed by atoms with E-state index < -0.39 is 10.0 Å². The van der Waals surface area contributed by atoms with Crippen molar-refractivity contribution in [1.82, 2.24) is 10.0 Å². The molecular weight excluding hydrogens is 298 g/mol. The average Bonchev–Trinajstić information content (AvgIpc) is 2.44. The zero-order valence-corrected chi connectivity index (χ0v) is 13.1. The molecule has 0 aromatic heterocycles. The Morgan fingerprint density at radius 2 is 1.95 bits per heavy atom. The minimum atomic E-state index is -3.40. The van der Waals surface area contributed by atoms with Gasteiger partial charge in [0.2, 0.25) is 10.0 Å². The van der Waals surface area contributed by atoms with E-state index in [2.05, 4.69) is 15.4 Å². The summed E-state index contributed by atoms with van der Waals surface area (Å²) in [6.45, 7) is 1.39. The van der Waals surface area contributed by atoms with E-state index in [0.29, 0.717) is 18.3 Å². The van der Waals surface area contributed by atoms with Gasteiger partial charge >= 0.3 is 0 Å². The molecule has 0 aliphatic heterocycles. The topological polar surface area (TPSA) is 79.5 Å². The second kappa shape index (κ2) is 8.15. The van der Waals surface area contributed by atoms with Gasteiger partial charge in [0.05, 0.1) is 4.90 Å². The number of thiocarbonyl (C=S) groups is 1. The zero-order valence-electron chi connectivity index (χ0n) is 11.5. The van der Waals surface area contributed by atoms with Gasteiger partial charge in [-0.15, -0.1) is 0 Å². The molecule has 0 radical (unpaired) electrons. The molecule has 0 saturated heterocycles. The monoisotopic (exact) mass is 317 g/mol. The summed E-state index contributed by atoms with van der Waals surface area (Å²) in [6, 6.07) is 6.35. The molecule has 0 heterocycles. The number of nitrogens with one attached hydrogen (secondary N) is 3. The summed E-state index contributed by atoms with van der Waals surface area (Å²) >= 11 is 5.12. The molecule has 8 heteroatoms. The largest absolute Gasteiger partial charge is 0.385 e. The molecule has 0 amide bonds. The van der Waals surface area contributed by atoms with Gasteiger partial charge in [0, 0.05) is 25.9 Å². The maximum absolute atomic E-state index is 11.6. The minimum absolute atomic E-state index is 0.213. The lowest BCUT2D eigenvalue weighted by molar-refractivity contribution is 0.196. The Balaban J connectivity index is 2.51. The average molecular weight is 317 g/mol. The predicted octanol–water partition coefficient (Wildman–Crippen LogP) is 0.918. The summed E-state index contributed by atoms with van der Waals surface area (Å²) < 4.78 is 30.3. The lowest BCUT2D eigenvalue weighted by atomic mass is 10.3. The van der Waals surface area contributed by atoms with Crippen LogP contribution < -0.4 is 15.4 Å². The van der Waals surface area contributed by atoms with Crippen molar-refractivity contribution in [3.63, 3.8) is 0 Å². The van der Waals surface area contributed by atoms with Crippen molar-refractivity contribution in [2.75, 3.05) is 32.6 Å². The molecule has 0 bridgehead atoms. The highest BCUT2D eigenvalue weighted by atomic mass is 32.2. The molecule has 0 atom stereocenters. The van der Waals surface area contributed by atoms with Crippen molar-refractivity contribution in [3.05, 3.63) is 24.3 Å². The van der Waals surface area contributed by atoms with Crippen molar-refractivity contribution >= 4 is 33.0 Å².